The van der Waals surface area contributed by atoms with Gasteiger partial charge in [0.2, 0.25) is 0 Å². The highest BCUT2D eigenvalue weighted by Crippen LogP contribution is 2.26. The van der Waals surface area contributed by atoms with Gasteiger partial charge in [0.15, 0.2) is 11.6 Å². The number of anilines is 1. The molecule has 0 spiro atoms. The standard InChI is InChI=1S/C8H6F3NO2/c1-2-4(9)3(8(13)14)5(10)6(11)7(2)12/h12H2,1H3,(H,13,14). The summed E-state index contributed by atoms with van der Waals surface area (Å²) >= 11 is 0. The molecule has 3 N–H and O–H groups in total. The number of rotatable bonds is 1. The van der Waals surface area contributed by atoms with Crippen molar-refractivity contribution < 1.29 is 23.1 Å². The van der Waals surface area contributed by atoms with E-state index < -0.39 is 40.2 Å². The van der Waals surface area contributed by atoms with Crippen molar-refractivity contribution in [3.8, 4) is 0 Å². The van der Waals surface area contributed by atoms with Gasteiger partial charge >= 0.3 is 5.97 Å². The molecule has 0 aliphatic heterocycles. The zero-order valence-electron chi connectivity index (χ0n) is 7.07. The van der Waals surface area contributed by atoms with Crippen LogP contribution in [0.2, 0.25) is 0 Å². The van der Waals surface area contributed by atoms with Gasteiger partial charge in [-0.05, 0) is 6.92 Å². The van der Waals surface area contributed by atoms with Crippen LogP contribution in [0.15, 0.2) is 0 Å². The van der Waals surface area contributed by atoms with E-state index in [0.29, 0.717) is 0 Å². The predicted octanol–water partition coefficient (Wildman–Crippen LogP) is 1.69. The molecule has 0 fully saturated rings. The minimum atomic E-state index is -1.87. The fourth-order valence-corrected chi connectivity index (χ4v) is 0.982. The Bertz CT molecular complexity index is 389. The number of carboxylic acids is 1. The van der Waals surface area contributed by atoms with E-state index in [2.05, 4.69) is 0 Å². The fourth-order valence-electron chi connectivity index (χ4n) is 0.982. The van der Waals surface area contributed by atoms with Gasteiger partial charge in [0.05, 0.1) is 5.69 Å². The molecule has 0 amide bonds. The Hall–Kier alpha value is -1.72. The van der Waals surface area contributed by atoms with E-state index in [9.17, 15) is 18.0 Å². The first-order valence-corrected chi connectivity index (χ1v) is 3.53. The van der Waals surface area contributed by atoms with Crippen LogP contribution in [0.1, 0.15) is 15.9 Å². The largest absolute Gasteiger partial charge is 0.477 e. The topological polar surface area (TPSA) is 63.3 Å². The Morgan fingerprint density at radius 1 is 1.21 bits per heavy atom. The lowest BCUT2D eigenvalue weighted by molar-refractivity contribution is 0.0685. The van der Waals surface area contributed by atoms with E-state index in [1.807, 2.05) is 0 Å². The van der Waals surface area contributed by atoms with Crippen molar-refractivity contribution >= 4 is 11.7 Å². The molecule has 0 unspecified atom stereocenters. The van der Waals surface area contributed by atoms with Crippen molar-refractivity contribution in [2.45, 2.75) is 6.92 Å². The van der Waals surface area contributed by atoms with Crippen LogP contribution in [-0.4, -0.2) is 11.1 Å². The van der Waals surface area contributed by atoms with Crippen LogP contribution in [0, 0.1) is 24.4 Å². The molecular formula is C8H6F3NO2. The van der Waals surface area contributed by atoms with Crippen molar-refractivity contribution in [3.05, 3.63) is 28.6 Å². The third kappa shape index (κ3) is 1.28. The van der Waals surface area contributed by atoms with E-state index in [0.717, 1.165) is 6.92 Å². The molecule has 1 aromatic rings. The van der Waals surface area contributed by atoms with Crippen molar-refractivity contribution in [2.75, 3.05) is 5.73 Å². The van der Waals surface area contributed by atoms with Crippen LogP contribution in [0.3, 0.4) is 0 Å². The summed E-state index contributed by atoms with van der Waals surface area (Å²) in [6, 6.07) is 0. The molecule has 14 heavy (non-hydrogen) atoms. The minimum absolute atomic E-state index is 0.415. The molecule has 0 aliphatic rings. The Morgan fingerprint density at radius 3 is 2.14 bits per heavy atom. The van der Waals surface area contributed by atoms with E-state index in [-0.39, 0.29) is 0 Å². The van der Waals surface area contributed by atoms with Gasteiger partial charge in [0.1, 0.15) is 11.4 Å². The number of hydrogen-bond donors (Lipinski definition) is 2. The molecule has 0 aliphatic carbocycles. The van der Waals surface area contributed by atoms with Crippen LogP contribution in [0.5, 0.6) is 0 Å². The lowest BCUT2D eigenvalue weighted by Crippen LogP contribution is -2.11. The summed E-state index contributed by atoms with van der Waals surface area (Å²) in [6.45, 7) is 1.07. The van der Waals surface area contributed by atoms with Gasteiger partial charge in [-0.2, -0.15) is 0 Å². The average molecular weight is 205 g/mol. The first-order valence-electron chi connectivity index (χ1n) is 3.53. The number of carbonyl (C=O) groups is 1. The highest BCUT2D eigenvalue weighted by molar-refractivity contribution is 5.89. The number of halogens is 3. The molecule has 0 bridgehead atoms. The summed E-state index contributed by atoms with van der Waals surface area (Å²) < 4.78 is 38.8. The molecule has 76 valence electrons. The van der Waals surface area contributed by atoms with Crippen LogP contribution in [0.4, 0.5) is 18.9 Å². The lowest BCUT2D eigenvalue weighted by Gasteiger charge is -2.07. The summed E-state index contributed by atoms with van der Waals surface area (Å²) in [5.41, 5.74) is 2.55. The number of aromatic carboxylic acids is 1. The first-order chi connectivity index (χ1) is 6.37. The van der Waals surface area contributed by atoms with Crippen molar-refractivity contribution in [3.63, 3.8) is 0 Å². The van der Waals surface area contributed by atoms with Crippen molar-refractivity contribution in [1.29, 1.82) is 0 Å². The zero-order valence-corrected chi connectivity index (χ0v) is 7.07. The highest BCUT2D eigenvalue weighted by atomic mass is 19.2. The van der Waals surface area contributed by atoms with Crippen molar-refractivity contribution in [2.24, 2.45) is 0 Å². The minimum Gasteiger partial charge on any atom is -0.477 e. The van der Waals surface area contributed by atoms with E-state index in [1.54, 1.807) is 0 Å². The maximum Gasteiger partial charge on any atom is 0.341 e. The lowest BCUT2D eigenvalue weighted by atomic mass is 10.1. The molecular weight excluding hydrogens is 199 g/mol. The summed E-state index contributed by atoms with van der Waals surface area (Å²) in [6.07, 6.45) is 0. The second-order valence-corrected chi connectivity index (χ2v) is 2.66. The molecule has 1 aromatic carbocycles. The second kappa shape index (κ2) is 3.21. The number of nitrogen functional groups attached to an aromatic ring is 1. The first kappa shape index (κ1) is 10.4. The van der Waals surface area contributed by atoms with Gasteiger partial charge in [-0.25, -0.2) is 18.0 Å². The Labute approximate surface area is 77.0 Å². The smallest absolute Gasteiger partial charge is 0.341 e. The normalized spacial score (nSPS) is 10.3. The Kier molecular flexibility index (Phi) is 2.37. The van der Waals surface area contributed by atoms with Gasteiger partial charge in [0.25, 0.3) is 0 Å². The van der Waals surface area contributed by atoms with Gasteiger partial charge in [-0.1, -0.05) is 0 Å². The number of carboxylic acid groups (broad SMARTS) is 1. The van der Waals surface area contributed by atoms with Gasteiger partial charge < -0.3 is 10.8 Å². The summed E-state index contributed by atoms with van der Waals surface area (Å²) in [4.78, 5) is 10.4. The summed E-state index contributed by atoms with van der Waals surface area (Å²) in [5, 5.41) is 8.40. The van der Waals surface area contributed by atoms with Crippen LogP contribution < -0.4 is 5.73 Å². The third-order valence-corrected chi connectivity index (χ3v) is 1.82. The van der Waals surface area contributed by atoms with Crippen LogP contribution in [-0.2, 0) is 0 Å². The maximum atomic E-state index is 13.1. The molecule has 3 nitrogen and oxygen atoms in total. The van der Waals surface area contributed by atoms with Crippen molar-refractivity contribution in [1.82, 2.24) is 0 Å². The summed E-state index contributed by atoms with van der Waals surface area (Å²) in [5.74, 6) is -6.55. The number of benzene rings is 1. The number of hydrogen-bond acceptors (Lipinski definition) is 2. The highest BCUT2D eigenvalue weighted by Gasteiger charge is 2.25. The number of nitrogens with two attached hydrogens (primary N) is 1. The van der Waals surface area contributed by atoms with E-state index in [4.69, 9.17) is 10.8 Å². The molecule has 0 atom stereocenters. The van der Waals surface area contributed by atoms with Crippen LogP contribution >= 0.6 is 0 Å². The SMILES string of the molecule is Cc1c(N)c(F)c(F)c(C(=O)O)c1F. The van der Waals surface area contributed by atoms with Gasteiger partial charge in [0, 0.05) is 5.56 Å². The zero-order chi connectivity index (χ0) is 11.0. The van der Waals surface area contributed by atoms with Gasteiger partial charge in [-0.3, -0.25) is 0 Å². The average Bonchev–Trinajstić information content (AvgIpc) is 2.11. The molecule has 0 saturated carbocycles. The molecule has 6 heteroatoms. The Balaban J connectivity index is 3.68. The van der Waals surface area contributed by atoms with E-state index in [1.165, 1.54) is 0 Å². The third-order valence-electron chi connectivity index (χ3n) is 1.82. The quantitative estimate of drug-likeness (QED) is 0.541. The molecule has 1 rings (SSSR count). The summed E-state index contributed by atoms with van der Waals surface area (Å²) in [7, 11) is 0. The molecule has 0 radical (unpaired) electrons. The van der Waals surface area contributed by atoms with E-state index >= 15 is 0 Å². The Morgan fingerprint density at radius 2 is 1.71 bits per heavy atom. The molecule has 0 saturated heterocycles. The molecule has 0 aromatic heterocycles. The van der Waals surface area contributed by atoms with Crippen LogP contribution in [0.25, 0.3) is 0 Å². The monoisotopic (exact) mass is 205 g/mol. The molecule has 0 heterocycles. The maximum absolute atomic E-state index is 13.1. The second-order valence-electron chi connectivity index (χ2n) is 2.66. The fraction of sp³-hybridized carbons (Fsp3) is 0.125. The predicted molar refractivity (Wildman–Crippen MR) is 42.4 cm³/mol. The van der Waals surface area contributed by atoms with Gasteiger partial charge in [-0.15, -0.1) is 0 Å².